The third kappa shape index (κ3) is 7.09. The Hall–Kier alpha value is -3.31. The topological polar surface area (TPSA) is 90.1 Å². The zero-order valence-electron chi connectivity index (χ0n) is 20.0. The lowest BCUT2D eigenvalue weighted by atomic mass is 9.87. The number of benzene rings is 2. The second-order valence-electron chi connectivity index (χ2n) is 8.49. The Morgan fingerprint density at radius 3 is 2.61 bits per heavy atom. The van der Waals surface area contributed by atoms with E-state index in [1.807, 2.05) is 32.1 Å². The summed E-state index contributed by atoms with van der Waals surface area (Å²) in [7, 11) is 0. The van der Waals surface area contributed by atoms with E-state index in [1.54, 1.807) is 13.0 Å². The SMILES string of the molecule is C=C/C(=C\C(CC(C)c1c(N)ccc(F)c1C)=C(/C)N)c1cccc(CNC(=C)CCN)c1. The molecule has 1 atom stereocenters. The zero-order valence-corrected chi connectivity index (χ0v) is 20.0. The van der Waals surface area contributed by atoms with Crippen molar-refractivity contribution >= 4 is 11.3 Å². The standard InChI is InChI=1S/C28H37FN4/c1-6-23(24-9-7-8-22(15-24)17-33-19(3)12-13-30)16-25(21(5)31)14-18(2)28-20(4)26(29)10-11-27(28)32/h6-11,15-16,18,33H,1,3,12-14,17,30-32H2,2,4-5H3/b23-16+,25-21+. The van der Waals surface area contributed by atoms with Crippen molar-refractivity contribution in [1.82, 2.24) is 5.32 Å². The predicted octanol–water partition coefficient (Wildman–Crippen LogP) is 5.66. The van der Waals surface area contributed by atoms with Gasteiger partial charge in [0.25, 0.3) is 0 Å². The Morgan fingerprint density at radius 2 is 1.97 bits per heavy atom. The first-order chi connectivity index (χ1) is 15.7. The number of allylic oxidation sites excluding steroid dienone is 5. The molecule has 2 aromatic rings. The summed E-state index contributed by atoms with van der Waals surface area (Å²) in [6, 6.07) is 11.3. The molecule has 7 N–H and O–H groups in total. The number of halogens is 1. The van der Waals surface area contributed by atoms with Gasteiger partial charge in [-0.15, -0.1) is 0 Å². The molecule has 2 aromatic carbocycles. The van der Waals surface area contributed by atoms with Crippen molar-refractivity contribution in [2.24, 2.45) is 11.5 Å². The van der Waals surface area contributed by atoms with Crippen LogP contribution in [0.3, 0.4) is 0 Å². The van der Waals surface area contributed by atoms with Crippen LogP contribution in [-0.2, 0) is 6.54 Å². The van der Waals surface area contributed by atoms with E-state index in [-0.39, 0.29) is 11.7 Å². The summed E-state index contributed by atoms with van der Waals surface area (Å²) in [4.78, 5) is 0. The molecule has 1 unspecified atom stereocenters. The van der Waals surface area contributed by atoms with Crippen LogP contribution >= 0.6 is 0 Å². The number of hydrogen-bond acceptors (Lipinski definition) is 4. The van der Waals surface area contributed by atoms with Crippen molar-refractivity contribution in [1.29, 1.82) is 0 Å². The predicted molar refractivity (Wildman–Crippen MR) is 140 cm³/mol. The molecule has 33 heavy (non-hydrogen) atoms. The number of nitrogen functional groups attached to an aromatic ring is 1. The molecule has 176 valence electrons. The van der Waals surface area contributed by atoms with Crippen molar-refractivity contribution in [3.63, 3.8) is 0 Å². The van der Waals surface area contributed by atoms with Gasteiger partial charge in [0.2, 0.25) is 0 Å². The Balaban J connectivity index is 2.30. The van der Waals surface area contributed by atoms with Gasteiger partial charge in [-0.1, -0.05) is 44.4 Å². The van der Waals surface area contributed by atoms with E-state index in [0.717, 1.165) is 40.0 Å². The molecule has 5 heteroatoms. The van der Waals surface area contributed by atoms with Crippen LogP contribution in [0.25, 0.3) is 5.57 Å². The van der Waals surface area contributed by atoms with Crippen molar-refractivity contribution in [3.8, 4) is 0 Å². The third-order valence-corrected chi connectivity index (χ3v) is 5.81. The molecule has 0 spiro atoms. The maximum absolute atomic E-state index is 14.2. The summed E-state index contributed by atoms with van der Waals surface area (Å²) in [6.07, 6.45) is 5.27. The fourth-order valence-electron chi connectivity index (χ4n) is 3.94. The van der Waals surface area contributed by atoms with Gasteiger partial charge in [0.05, 0.1) is 0 Å². The number of rotatable bonds is 11. The second kappa shape index (κ2) is 12.1. The molecule has 0 aliphatic carbocycles. The molecule has 0 bridgehead atoms. The van der Waals surface area contributed by atoms with Gasteiger partial charge >= 0.3 is 0 Å². The van der Waals surface area contributed by atoms with E-state index in [4.69, 9.17) is 17.2 Å². The highest BCUT2D eigenvalue weighted by molar-refractivity contribution is 5.76. The molecular formula is C28H37FN4. The monoisotopic (exact) mass is 448 g/mol. The van der Waals surface area contributed by atoms with Crippen molar-refractivity contribution in [3.05, 3.63) is 107 Å². The molecule has 0 aliphatic rings. The van der Waals surface area contributed by atoms with Crippen LogP contribution in [0.5, 0.6) is 0 Å². The average Bonchev–Trinajstić information content (AvgIpc) is 2.78. The first-order valence-electron chi connectivity index (χ1n) is 11.2. The third-order valence-electron chi connectivity index (χ3n) is 5.81. The van der Waals surface area contributed by atoms with Crippen LogP contribution in [0, 0.1) is 12.7 Å². The smallest absolute Gasteiger partial charge is 0.126 e. The fraction of sp³-hybridized carbons (Fsp3) is 0.286. The minimum atomic E-state index is -0.247. The highest BCUT2D eigenvalue weighted by Gasteiger charge is 2.17. The van der Waals surface area contributed by atoms with Gasteiger partial charge in [-0.2, -0.15) is 0 Å². The van der Waals surface area contributed by atoms with E-state index in [9.17, 15) is 4.39 Å². The van der Waals surface area contributed by atoms with E-state index < -0.39 is 0 Å². The van der Waals surface area contributed by atoms with Gasteiger partial charge < -0.3 is 22.5 Å². The lowest BCUT2D eigenvalue weighted by molar-refractivity contribution is 0.610. The molecule has 0 saturated carbocycles. The maximum Gasteiger partial charge on any atom is 0.126 e. The van der Waals surface area contributed by atoms with Gasteiger partial charge in [-0.05, 0) is 96.8 Å². The fourth-order valence-corrected chi connectivity index (χ4v) is 3.94. The number of nitrogens with two attached hydrogens (primary N) is 3. The first-order valence-corrected chi connectivity index (χ1v) is 11.2. The molecule has 0 amide bonds. The van der Waals surface area contributed by atoms with Gasteiger partial charge in [0.1, 0.15) is 5.82 Å². The molecule has 0 fully saturated rings. The van der Waals surface area contributed by atoms with Crippen LogP contribution < -0.4 is 22.5 Å². The second-order valence-corrected chi connectivity index (χ2v) is 8.49. The van der Waals surface area contributed by atoms with E-state index in [1.165, 1.54) is 6.07 Å². The summed E-state index contributed by atoms with van der Waals surface area (Å²) >= 11 is 0. The van der Waals surface area contributed by atoms with E-state index >= 15 is 0 Å². The molecule has 2 rings (SSSR count). The summed E-state index contributed by atoms with van der Waals surface area (Å²) in [6.45, 7) is 14.9. The van der Waals surface area contributed by atoms with Crippen LogP contribution in [0.1, 0.15) is 54.9 Å². The number of anilines is 1. The summed E-state index contributed by atoms with van der Waals surface area (Å²) in [5.74, 6) is -0.247. The van der Waals surface area contributed by atoms with Gasteiger partial charge in [0.15, 0.2) is 0 Å². The largest absolute Gasteiger partial charge is 0.402 e. The minimum Gasteiger partial charge on any atom is -0.402 e. The molecule has 4 nitrogen and oxygen atoms in total. The molecule has 0 aromatic heterocycles. The average molecular weight is 449 g/mol. The number of nitrogens with one attached hydrogen (secondary N) is 1. The Labute approximate surface area is 197 Å². The molecule has 0 saturated heterocycles. The van der Waals surface area contributed by atoms with E-state index in [0.29, 0.717) is 36.5 Å². The Kier molecular flexibility index (Phi) is 9.49. The molecular weight excluding hydrogens is 411 g/mol. The van der Waals surface area contributed by atoms with Crippen LogP contribution in [0.2, 0.25) is 0 Å². The maximum atomic E-state index is 14.2. The van der Waals surface area contributed by atoms with Crippen LogP contribution in [0.15, 0.2) is 78.7 Å². The quantitative estimate of drug-likeness (QED) is 0.264. The molecule has 0 aliphatic heterocycles. The Bertz CT molecular complexity index is 1060. The van der Waals surface area contributed by atoms with Crippen molar-refractivity contribution in [2.75, 3.05) is 12.3 Å². The van der Waals surface area contributed by atoms with E-state index in [2.05, 4.69) is 36.7 Å². The number of hydrogen-bond donors (Lipinski definition) is 4. The molecule has 0 radical (unpaired) electrons. The van der Waals surface area contributed by atoms with Crippen LogP contribution in [0.4, 0.5) is 10.1 Å². The molecule has 0 heterocycles. The lowest BCUT2D eigenvalue weighted by Crippen LogP contribution is -2.15. The normalized spacial score (nSPS) is 13.3. The highest BCUT2D eigenvalue weighted by Crippen LogP contribution is 2.33. The minimum absolute atomic E-state index is 0.000562. The van der Waals surface area contributed by atoms with Crippen molar-refractivity contribution < 1.29 is 4.39 Å². The summed E-state index contributed by atoms with van der Waals surface area (Å²) in [5, 5.41) is 3.31. The zero-order chi connectivity index (χ0) is 24.5. The summed E-state index contributed by atoms with van der Waals surface area (Å²) in [5.41, 5.74) is 25.8. The van der Waals surface area contributed by atoms with Crippen molar-refractivity contribution in [2.45, 2.75) is 46.1 Å². The highest BCUT2D eigenvalue weighted by atomic mass is 19.1. The first kappa shape index (κ1) is 25.9. The van der Waals surface area contributed by atoms with Crippen LogP contribution in [-0.4, -0.2) is 6.54 Å². The van der Waals surface area contributed by atoms with Gasteiger partial charge in [-0.3, -0.25) is 0 Å². The lowest BCUT2D eigenvalue weighted by Gasteiger charge is -2.19. The summed E-state index contributed by atoms with van der Waals surface area (Å²) < 4.78 is 14.2. The Morgan fingerprint density at radius 1 is 1.24 bits per heavy atom. The van der Waals surface area contributed by atoms with Gasteiger partial charge in [0, 0.05) is 23.6 Å². The van der Waals surface area contributed by atoms with Gasteiger partial charge in [-0.25, -0.2) is 4.39 Å².